The molecule has 1 heterocycles. The van der Waals surface area contributed by atoms with E-state index in [1.165, 1.54) is 5.56 Å². The van der Waals surface area contributed by atoms with Gasteiger partial charge in [-0.05, 0) is 36.2 Å². The van der Waals surface area contributed by atoms with Crippen LogP contribution in [0.3, 0.4) is 0 Å². The lowest BCUT2D eigenvalue weighted by atomic mass is 10.1. The Morgan fingerprint density at radius 3 is 2.46 bits per heavy atom. The highest BCUT2D eigenvalue weighted by Crippen LogP contribution is 2.21. The van der Waals surface area contributed by atoms with E-state index in [4.69, 9.17) is 0 Å². The molecule has 136 valence electrons. The Balaban J connectivity index is 1.53. The number of nitrogens with zero attached hydrogens (tertiary/aromatic N) is 2. The third kappa shape index (κ3) is 4.42. The Bertz CT molecular complexity index is 757. The average molecular weight is 351 g/mol. The van der Waals surface area contributed by atoms with Gasteiger partial charge in [0.1, 0.15) is 0 Å². The third-order valence-corrected chi connectivity index (χ3v) is 4.75. The predicted molar refractivity (Wildman–Crippen MR) is 104 cm³/mol. The lowest BCUT2D eigenvalue weighted by molar-refractivity contribution is -0.128. The van der Waals surface area contributed by atoms with Crippen LogP contribution in [0.15, 0.2) is 54.6 Å². The summed E-state index contributed by atoms with van der Waals surface area (Å²) in [5, 5.41) is 2.93. The van der Waals surface area contributed by atoms with E-state index in [9.17, 15) is 9.59 Å². The Morgan fingerprint density at radius 1 is 1.12 bits per heavy atom. The van der Waals surface area contributed by atoms with Crippen LogP contribution in [0.4, 0.5) is 11.4 Å². The van der Waals surface area contributed by atoms with Gasteiger partial charge < -0.3 is 15.1 Å². The first-order valence-electron chi connectivity index (χ1n) is 8.93. The molecule has 0 saturated carbocycles. The molecule has 2 aromatic carbocycles. The molecule has 0 unspecified atom stereocenters. The van der Waals surface area contributed by atoms with Crippen molar-refractivity contribution in [2.24, 2.45) is 5.92 Å². The lowest BCUT2D eigenvalue weighted by Gasteiger charge is -2.17. The van der Waals surface area contributed by atoms with Gasteiger partial charge in [0.2, 0.25) is 11.8 Å². The van der Waals surface area contributed by atoms with Crippen molar-refractivity contribution in [1.29, 1.82) is 0 Å². The highest BCUT2D eigenvalue weighted by Gasteiger charge is 2.33. The minimum Gasteiger partial charge on any atom is -0.378 e. The Kier molecular flexibility index (Phi) is 5.56. The highest BCUT2D eigenvalue weighted by atomic mass is 16.2. The lowest BCUT2D eigenvalue weighted by Crippen LogP contribution is -2.30. The van der Waals surface area contributed by atoms with Gasteiger partial charge in [-0.2, -0.15) is 0 Å². The van der Waals surface area contributed by atoms with Gasteiger partial charge in [0, 0.05) is 45.0 Å². The standard InChI is InChI=1S/C21H25N3O2/c1-23(2)19-10-8-18(9-11-19)22-21(26)17-14-20(25)24(15-17)13-12-16-6-4-3-5-7-16/h3-11,17H,12-15H2,1-2H3,(H,22,26)/t17-/m0/s1. The zero-order chi connectivity index (χ0) is 18.5. The fraction of sp³-hybridized carbons (Fsp3) is 0.333. The number of carbonyl (C=O) groups excluding carboxylic acids is 2. The zero-order valence-corrected chi connectivity index (χ0v) is 15.3. The molecule has 1 aliphatic rings. The summed E-state index contributed by atoms with van der Waals surface area (Å²) in [4.78, 5) is 28.5. The van der Waals surface area contributed by atoms with Gasteiger partial charge >= 0.3 is 0 Å². The van der Waals surface area contributed by atoms with Crippen LogP contribution < -0.4 is 10.2 Å². The van der Waals surface area contributed by atoms with Crippen molar-refractivity contribution in [3.05, 3.63) is 60.2 Å². The molecule has 0 spiro atoms. The molecule has 0 aliphatic carbocycles. The SMILES string of the molecule is CN(C)c1ccc(NC(=O)[C@H]2CC(=O)N(CCc3ccccc3)C2)cc1. The summed E-state index contributed by atoms with van der Waals surface area (Å²) >= 11 is 0. The molecular formula is C21H25N3O2. The molecule has 1 atom stereocenters. The molecule has 26 heavy (non-hydrogen) atoms. The van der Waals surface area contributed by atoms with Crippen LogP contribution in [0.2, 0.25) is 0 Å². The molecular weight excluding hydrogens is 326 g/mol. The molecule has 2 amide bonds. The van der Waals surface area contributed by atoms with Crippen molar-refractivity contribution >= 4 is 23.2 Å². The summed E-state index contributed by atoms with van der Waals surface area (Å²) in [6, 6.07) is 17.8. The van der Waals surface area contributed by atoms with Gasteiger partial charge in [0.25, 0.3) is 0 Å². The van der Waals surface area contributed by atoms with E-state index in [1.807, 2.05) is 61.5 Å². The Morgan fingerprint density at radius 2 is 1.81 bits per heavy atom. The fourth-order valence-corrected chi connectivity index (χ4v) is 3.16. The second-order valence-electron chi connectivity index (χ2n) is 6.91. The number of amides is 2. The number of benzene rings is 2. The first-order valence-corrected chi connectivity index (χ1v) is 8.93. The van der Waals surface area contributed by atoms with Crippen molar-refractivity contribution in [2.45, 2.75) is 12.8 Å². The monoisotopic (exact) mass is 351 g/mol. The van der Waals surface area contributed by atoms with Gasteiger partial charge in [-0.1, -0.05) is 30.3 Å². The van der Waals surface area contributed by atoms with E-state index in [-0.39, 0.29) is 24.2 Å². The average Bonchev–Trinajstić information content (AvgIpc) is 3.02. The van der Waals surface area contributed by atoms with Crippen molar-refractivity contribution in [1.82, 2.24) is 4.90 Å². The second kappa shape index (κ2) is 8.04. The molecule has 5 nitrogen and oxygen atoms in total. The molecule has 3 rings (SSSR count). The molecule has 0 radical (unpaired) electrons. The molecule has 1 fully saturated rings. The van der Waals surface area contributed by atoms with Gasteiger partial charge in [-0.3, -0.25) is 9.59 Å². The van der Waals surface area contributed by atoms with E-state index in [1.54, 1.807) is 4.90 Å². The molecule has 1 saturated heterocycles. The number of carbonyl (C=O) groups is 2. The van der Waals surface area contributed by atoms with Crippen LogP contribution in [0.25, 0.3) is 0 Å². The van der Waals surface area contributed by atoms with Crippen molar-refractivity contribution in [3.8, 4) is 0 Å². The van der Waals surface area contributed by atoms with E-state index in [0.29, 0.717) is 13.1 Å². The summed E-state index contributed by atoms with van der Waals surface area (Å²) in [7, 11) is 3.95. The number of anilines is 2. The van der Waals surface area contributed by atoms with Gasteiger partial charge in [0.05, 0.1) is 5.92 Å². The largest absolute Gasteiger partial charge is 0.378 e. The maximum atomic E-state index is 12.5. The predicted octanol–water partition coefficient (Wildman–Crippen LogP) is 2.78. The van der Waals surface area contributed by atoms with Crippen molar-refractivity contribution in [2.75, 3.05) is 37.4 Å². The summed E-state index contributed by atoms with van der Waals surface area (Å²) in [5.74, 6) is -0.311. The third-order valence-electron chi connectivity index (χ3n) is 4.75. The smallest absolute Gasteiger partial charge is 0.229 e. The van der Waals surface area contributed by atoms with Crippen LogP contribution in [0, 0.1) is 5.92 Å². The first-order chi connectivity index (χ1) is 12.5. The zero-order valence-electron chi connectivity index (χ0n) is 15.3. The highest BCUT2D eigenvalue weighted by molar-refractivity contribution is 5.97. The molecule has 0 bridgehead atoms. The Hall–Kier alpha value is -2.82. The summed E-state index contributed by atoms with van der Waals surface area (Å²) in [6.07, 6.45) is 1.10. The van der Waals surface area contributed by atoms with E-state index in [0.717, 1.165) is 17.8 Å². The second-order valence-corrected chi connectivity index (χ2v) is 6.91. The first kappa shape index (κ1) is 18.0. The molecule has 0 aromatic heterocycles. The molecule has 2 aromatic rings. The molecule has 1 aliphatic heterocycles. The molecule has 1 N–H and O–H groups in total. The van der Waals surface area contributed by atoms with Crippen molar-refractivity contribution in [3.63, 3.8) is 0 Å². The van der Waals surface area contributed by atoms with Gasteiger partial charge in [0.15, 0.2) is 0 Å². The van der Waals surface area contributed by atoms with Crippen LogP contribution >= 0.6 is 0 Å². The maximum Gasteiger partial charge on any atom is 0.229 e. The Labute approximate surface area is 154 Å². The quantitative estimate of drug-likeness (QED) is 0.871. The number of hydrogen-bond acceptors (Lipinski definition) is 3. The number of rotatable bonds is 6. The van der Waals surface area contributed by atoms with Crippen LogP contribution in [-0.2, 0) is 16.0 Å². The van der Waals surface area contributed by atoms with Crippen LogP contribution in [0.5, 0.6) is 0 Å². The van der Waals surface area contributed by atoms with E-state index >= 15 is 0 Å². The van der Waals surface area contributed by atoms with Crippen molar-refractivity contribution < 1.29 is 9.59 Å². The summed E-state index contributed by atoms with van der Waals surface area (Å²) in [5.41, 5.74) is 3.04. The number of nitrogens with one attached hydrogen (secondary N) is 1. The van der Waals surface area contributed by atoms with Gasteiger partial charge in [-0.25, -0.2) is 0 Å². The fourth-order valence-electron chi connectivity index (χ4n) is 3.16. The van der Waals surface area contributed by atoms with Crippen LogP contribution in [-0.4, -0.2) is 43.9 Å². The minimum atomic E-state index is -0.285. The number of likely N-dealkylation sites (tertiary alicyclic amines) is 1. The molecule has 5 heteroatoms. The van der Waals surface area contributed by atoms with E-state index in [2.05, 4.69) is 17.4 Å². The van der Waals surface area contributed by atoms with Crippen LogP contribution in [0.1, 0.15) is 12.0 Å². The van der Waals surface area contributed by atoms with E-state index < -0.39 is 0 Å². The summed E-state index contributed by atoms with van der Waals surface area (Å²) in [6.45, 7) is 1.15. The van der Waals surface area contributed by atoms with Gasteiger partial charge in [-0.15, -0.1) is 0 Å². The topological polar surface area (TPSA) is 52.7 Å². The maximum absolute atomic E-state index is 12.5. The normalized spacial score (nSPS) is 16.6. The summed E-state index contributed by atoms with van der Waals surface area (Å²) < 4.78 is 0. The number of hydrogen-bond donors (Lipinski definition) is 1. The minimum absolute atomic E-state index is 0.0593.